The van der Waals surface area contributed by atoms with Gasteiger partial charge in [-0.25, -0.2) is 13.2 Å². The molecule has 1 amide bonds. The summed E-state index contributed by atoms with van der Waals surface area (Å²) in [7, 11) is 1.62. The van der Waals surface area contributed by atoms with Crippen LogP contribution in [-0.2, 0) is 24.1 Å². The fraction of sp³-hybridized carbons (Fsp3) is 0.241. The van der Waals surface area contributed by atoms with Crippen molar-refractivity contribution < 1.29 is 32.6 Å². The van der Waals surface area contributed by atoms with Gasteiger partial charge in [0.25, 0.3) is 5.91 Å². The van der Waals surface area contributed by atoms with Gasteiger partial charge >= 0.3 is 0 Å². The van der Waals surface area contributed by atoms with Crippen molar-refractivity contribution in [3.63, 3.8) is 0 Å². The van der Waals surface area contributed by atoms with E-state index in [9.17, 15) is 23.5 Å². The Hall–Kier alpha value is -4.06. The molecule has 1 atom stereocenters. The van der Waals surface area contributed by atoms with Gasteiger partial charge in [0.15, 0.2) is 11.5 Å². The number of hydrogen-bond donors (Lipinski definition) is 1. The maximum atomic E-state index is 16.3. The van der Waals surface area contributed by atoms with Crippen LogP contribution in [0.5, 0.6) is 0 Å². The lowest BCUT2D eigenvalue weighted by molar-refractivity contribution is -0.139. The van der Waals surface area contributed by atoms with E-state index < -0.39 is 47.0 Å². The van der Waals surface area contributed by atoms with E-state index in [4.69, 9.17) is 16.3 Å². The number of pyridine rings is 1. The Labute approximate surface area is 236 Å². The highest BCUT2D eigenvalue weighted by Crippen LogP contribution is 2.49. The van der Waals surface area contributed by atoms with E-state index >= 15 is 4.39 Å². The van der Waals surface area contributed by atoms with Gasteiger partial charge in [0.2, 0.25) is 0 Å². The Kier molecular flexibility index (Phi) is 6.48. The topological polar surface area (TPSA) is 97.6 Å². The van der Waals surface area contributed by atoms with Gasteiger partial charge in [0, 0.05) is 35.5 Å². The summed E-state index contributed by atoms with van der Waals surface area (Å²) >= 11 is 6.13. The summed E-state index contributed by atoms with van der Waals surface area (Å²) in [6.07, 6.45) is 4.44. The van der Waals surface area contributed by atoms with E-state index in [1.807, 2.05) is 0 Å². The number of benzene rings is 2. The molecule has 41 heavy (non-hydrogen) atoms. The van der Waals surface area contributed by atoms with Gasteiger partial charge in [0.05, 0.1) is 53.5 Å². The molecule has 3 heterocycles. The first kappa shape index (κ1) is 27.1. The van der Waals surface area contributed by atoms with Crippen molar-refractivity contribution >= 4 is 23.3 Å². The molecular weight excluding hydrogens is 561 g/mol. The summed E-state index contributed by atoms with van der Waals surface area (Å²) in [5, 5.41) is 15.0. The quantitative estimate of drug-likeness (QED) is 0.307. The molecule has 2 aliphatic rings. The van der Waals surface area contributed by atoms with E-state index in [0.717, 1.165) is 17.2 Å². The first-order chi connectivity index (χ1) is 19.5. The second-order valence-electron chi connectivity index (χ2n) is 10.2. The molecular formula is C29H22ClF3N4O4. The Morgan fingerprint density at radius 1 is 1.07 bits per heavy atom. The van der Waals surface area contributed by atoms with Crippen LogP contribution in [0, 0.1) is 17.5 Å². The average molecular weight is 583 g/mol. The molecule has 0 spiro atoms. The van der Waals surface area contributed by atoms with Crippen molar-refractivity contribution in [1.82, 2.24) is 19.7 Å². The van der Waals surface area contributed by atoms with E-state index in [1.54, 1.807) is 7.05 Å². The van der Waals surface area contributed by atoms with E-state index in [2.05, 4.69) is 10.1 Å². The molecule has 12 heteroatoms. The van der Waals surface area contributed by atoms with Crippen molar-refractivity contribution in [2.75, 3.05) is 6.61 Å². The van der Waals surface area contributed by atoms with E-state index in [0.29, 0.717) is 23.9 Å². The van der Waals surface area contributed by atoms with Gasteiger partial charge in [-0.05, 0) is 37.1 Å². The number of aryl methyl sites for hydroxylation is 1. The number of fused-ring (bicyclic) bond motifs is 1. The van der Waals surface area contributed by atoms with Crippen LogP contribution in [0.2, 0.25) is 5.02 Å². The third-order valence-corrected chi connectivity index (χ3v) is 7.57. The molecule has 1 aliphatic heterocycles. The van der Waals surface area contributed by atoms with Gasteiger partial charge in [-0.3, -0.25) is 24.2 Å². The minimum absolute atomic E-state index is 0.110. The second-order valence-corrected chi connectivity index (χ2v) is 10.7. The number of aromatic nitrogens is 3. The fourth-order valence-electron chi connectivity index (χ4n) is 5.01. The predicted molar refractivity (Wildman–Crippen MR) is 139 cm³/mol. The lowest BCUT2D eigenvalue weighted by Crippen LogP contribution is -2.48. The summed E-state index contributed by atoms with van der Waals surface area (Å²) in [5.74, 6) is -4.22. The molecule has 1 saturated carbocycles. The Bertz CT molecular complexity index is 1710. The van der Waals surface area contributed by atoms with Crippen LogP contribution < -0.4 is 0 Å². The van der Waals surface area contributed by atoms with Gasteiger partial charge in [0.1, 0.15) is 17.5 Å². The van der Waals surface area contributed by atoms with Crippen molar-refractivity contribution in [3.05, 3.63) is 117 Å². The SMILES string of the molecule is Cn1cc(C(=O)c2cc(F)c3c(c2)C(=O)N(Cc2ncc(F)cc2F)[C@@]3(OCC2(O)CC2)c2ccc(Cl)cc2)cn1. The number of ether oxygens (including phenoxy) is 1. The predicted octanol–water partition coefficient (Wildman–Crippen LogP) is 4.52. The van der Waals surface area contributed by atoms with Crippen LogP contribution in [0.15, 0.2) is 61.1 Å². The highest BCUT2D eigenvalue weighted by molar-refractivity contribution is 6.30. The Morgan fingerprint density at radius 3 is 2.44 bits per heavy atom. The van der Waals surface area contributed by atoms with Crippen LogP contribution in [-0.4, -0.2) is 48.7 Å². The third-order valence-electron chi connectivity index (χ3n) is 7.32. The van der Waals surface area contributed by atoms with Crippen LogP contribution in [0.4, 0.5) is 13.2 Å². The van der Waals surface area contributed by atoms with Crippen molar-refractivity contribution in [1.29, 1.82) is 0 Å². The lowest BCUT2D eigenvalue weighted by Gasteiger charge is -2.40. The number of nitrogens with zero attached hydrogens (tertiary/aromatic N) is 4. The minimum atomic E-state index is -2.02. The first-order valence-electron chi connectivity index (χ1n) is 12.6. The summed E-state index contributed by atoms with van der Waals surface area (Å²) in [5.41, 5.74) is -3.60. The van der Waals surface area contributed by atoms with Crippen molar-refractivity contribution in [2.45, 2.75) is 30.7 Å². The molecule has 4 aromatic rings. The maximum Gasteiger partial charge on any atom is 0.257 e. The molecule has 6 rings (SSSR count). The van der Waals surface area contributed by atoms with Gasteiger partial charge < -0.3 is 9.84 Å². The van der Waals surface area contributed by atoms with E-state index in [-0.39, 0.29) is 40.1 Å². The molecule has 1 fully saturated rings. The summed E-state index contributed by atoms with van der Waals surface area (Å²) < 4.78 is 52.5. The number of amides is 1. The smallest absolute Gasteiger partial charge is 0.257 e. The molecule has 8 nitrogen and oxygen atoms in total. The maximum absolute atomic E-state index is 16.3. The van der Waals surface area contributed by atoms with Gasteiger partial charge in [-0.15, -0.1) is 0 Å². The van der Waals surface area contributed by atoms with Crippen LogP contribution in [0.3, 0.4) is 0 Å². The summed E-state index contributed by atoms with van der Waals surface area (Å²) in [6.45, 7) is -0.833. The standard InChI is InChI=1S/C29H22ClF3N4O4/c1-36-13-17(11-35-36)26(38)16-8-21-25(23(33)9-16)29(41-15-28(40)6-7-28,18-2-4-19(30)5-3-18)37(27(21)39)14-24-22(32)10-20(31)12-34-24/h2-5,8-13,40H,6-7,14-15H2,1H3/t29-/m1/s1. The number of carbonyl (C=O) groups is 2. The summed E-state index contributed by atoms with van der Waals surface area (Å²) in [6, 6.07) is 8.96. The molecule has 0 radical (unpaired) electrons. The molecule has 0 bridgehead atoms. The molecule has 2 aromatic heterocycles. The Morgan fingerprint density at radius 2 is 1.80 bits per heavy atom. The molecule has 0 saturated heterocycles. The third kappa shape index (κ3) is 4.69. The minimum Gasteiger partial charge on any atom is -0.387 e. The lowest BCUT2D eigenvalue weighted by atomic mass is 9.90. The van der Waals surface area contributed by atoms with Crippen molar-refractivity contribution in [2.24, 2.45) is 7.05 Å². The molecule has 1 aliphatic carbocycles. The largest absolute Gasteiger partial charge is 0.387 e. The molecule has 2 aromatic carbocycles. The van der Waals surface area contributed by atoms with Gasteiger partial charge in [-0.2, -0.15) is 5.10 Å². The number of aliphatic hydroxyl groups is 1. The van der Waals surface area contributed by atoms with Gasteiger partial charge in [-0.1, -0.05) is 23.7 Å². The highest BCUT2D eigenvalue weighted by Gasteiger charge is 2.56. The second kappa shape index (κ2) is 9.79. The number of carbonyl (C=O) groups excluding carboxylic acids is 2. The number of ketones is 1. The van der Waals surface area contributed by atoms with Crippen LogP contribution in [0.1, 0.15) is 55.9 Å². The highest BCUT2D eigenvalue weighted by atomic mass is 35.5. The number of halogens is 4. The zero-order valence-corrected chi connectivity index (χ0v) is 22.3. The first-order valence-corrected chi connectivity index (χ1v) is 13.0. The average Bonchev–Trinajstić information content (AvgIpc) is 3.43. The molecule has 0 unspecified atom stereocenters. The monoisotopic (exact) mass is 582 g/mol. The zero-order valence-electron chi connectivity index (χ0n) is 21.6. The number of hydrogen-bond acceptors (Lipinski definition) is 6. The fourth-order valence-corrected chi connectivity index (χ4v) is 5.13. The van der Waals surface area contributed by atoms with Crippen LogP contribution >= 0.6 is 11.6 Å². The van der Waals surface area contributed by atoms with E-state index in [1.165, 1.54) is 47.4 Å². The zero-order chi connectivity index (χ0) is 29.1. The normalized spacial score (nSPS) is 19.0. The molecule has 1 N–H and O–H groups in total. The number of rotatable bonds is 8. The summed E-state index contributed by atoms with van der Waals surface area (Å²) in [4.78, 5) is 32.1. The van der Waals surface area contributed by atoms with Crippen LogP contribution in [0.25, 0.3) is 0 Å². The Balaban J connectivity index is 1.56. The molecule has 210 valence electrons. The van der Waals surface area contributed by atoms with Crippen molar-refractivity contribution in [3.8, 4) is 0 Å².